The van der Waals surface area contributed by atoms with E-state index in [2.05, 4.69) is 76.3 Å². The molecule has 2 unspecified atom stereocenters. The van der Waals surface area contributed by atoms with Crippen LogP contribution in [0.3, 0.4) is 0 Å². The maximum atomic E-state index is 3.78. The van der Waals surface area contributed by atoms with Crippen molar-refractivity contribution in [1.82, 2.24) is 15.1 Å². The van der Waals surface area contributed by atoms with E-state index < -0.39 is 0 Å². The van der Waals surface area contributed by atoms with E-state index in [0.29, 0.717) is 12.1 Å². The molecule has 1 aliphatic rings. The molecule has 0 bridgehead atoms. The zero-order chi connectivity index (χ0) is 15.2. The normalized spacial score (nSPS) is 22.4. The fourth-order valence-corrected chi connectivity index (χ4v) is 3.50. The third-order valence-electron chi connectivity index (χ3n) is 4.42. The Morgan fingerprint density at radius 3 is 2.76 bits per heavy atom. The van der Waals surface area contributed by atoms with Crippen LogP contribution in [0, 0.1) is 0 Å². The molecule has 0 radical (unpaired) electrons. The highest BCUT2D eigenvalue weighted by molar-refractivity contribution is 9.10. The number of nitrogens with zero attached hydrogens (tertiary/aromatic N) is 2. The van der Waals surface area contributed by atoms with Crippen molar-refractivity contribution in [3.8, 4) is 0 Å². The second-order valence-corrected chi connectivity index (χ2v) is 7.02. The summed E-state index contributed by atoms with van der Waals surface area (Å²) >= 11 is 3.69. The summed E-state index contributed by atoms with van der Waals surface area (Å²) in [7, 11) is 4.49. The number of likely N-dealkylation sites (N-methyl/N-ethyl adjacent to an activating group) is 2. The highest BCUT2D eigenvalue weighted by atomic mass is 79.9. The predicted molar refractivity (Wildman–Crippen MR) is 93.8 cm³/mol. The van der Waals surface area contributed by atoms with Gasteiger partial charge in [0.25, 0.3) is 0 Å². The van der Waals surface area contributed by atoms with Crippen LogP contribution in [0.5, 0.6) is 0 Å². The molecule has 118 valence electrons. The largest absolute Gasteiger partial charge is 0.312 e. The van der Waals surface area contributed by atoms with E-state index >= 15 is 0 Å². The Hall–Kier alpha value is -0.420. The summed E-state index contributed by atoms with van der Waals surface area (Å²) < 4.78 is 1.22. The van der Waals surface area contributed by atoms with Crippen LogP contribution in [-0.4, -0.2) is 62.2 Å². The number of rotatable bonds is 6. The zero-order valence-corrected chi connectivity index (χ0v) is 15.1. The number of hydrogen-bond donors (Lipinski definition) is 1. The molecular weight excluding hydrogens is 326 g/mol. The van der Waals surface area contributed by atoms with Gasteiger partial charge in [-0.05, 0) is 45.1 Å². The minimum Gasteiger partial charge on any atom is -0.312 e. The van der Waals surface area contributed by atoms with Crippen molar-refractivity contribution >= 4 is 15.9 Å². The van der Waals surface area contributed by atoms with Gasteiger partial charge in [-0.3, -0.25) is 4.90 Å². The first-order chi connectivity index (χ1) is 10.1. The molecule has 1 aromatic rings. The van der Waals surface area contributed by atoms with E-state index in [9.17, 15) is 0 Å². The number of piperazine rings is 1. The second-order valence-electron chi connectivity index (χ2n) is 6.17. The Balaban J connectivity index is 2.11. The highest BCUT2D eigenvalue weighted by Gasteiger charge is 2.29. The molecule has 3 nitrogen and oxygen atoms in total. The van der Waals surface area contributed by atoms with Crippen molar-refractivity contribution in [1.29, 1.82) is 0 Å². The third kappa shape index (κ3) is 4.78. The number of halogens is 1. The first kappa shape index (κ1) is 16.9. The summed E-state index contributed by atoms with van der Waals surface area (Å²) in [6.07, 6.45) is 2.25. The number of benzene rings is 1. The lowest BCUT2D eigenvalue weighted by atomic mass is 9.96. The summed E-state index contributed by atoms with van der Waals surface area (Å²) in [5.74, 6) is 0. The van der Waals surface area contributed by atoms with Gasteiger partial charge in [-0.25, -0.2) is 0 Å². The van der Waals surface area contributed by atoms with Gasteiger partial charge in [-0.1, -0.05) is 41.1 Å². The summed E-state index contributed by atoms with van der Waals surface area (Å²) in [6.45, 7) is 6.79. The Bertz CT molecular complexity index is 438. The van der Waals surface area contributed by atoms with Crippen LogP contribution in [0.4, 0.5) is 0 Å². The molecule has 21 heavy (non-hydrogen) atoms. The Kier molecular flexibility index (Phi) is 6.68. The fourth-order valence-electron chi connectivity index (χ4n) is 3.05. The van der Waals surface area contributed by atoms with Gasteiger partial charge in [0.1, 0.15) is 0 Å². The van der Waals surface area contributed by atoms with E-state index in [1.54, 1.807) is 0 Å². The Morgan fingerprint density at radius 1 is 1.29 bits per heavy atom. The monoisotopic (exact) mass is 353 g/mol. The first-order valence-electron chi connectivity index (χ1n) is 7.97. The molecule has 2 rings (SSSR count). The molecule has 1 saturated heterocycles. The topological polar surface area (TPSA) is 18.5 Å². The molecular formula is C17H28BrN3. The molecule has 1 aromatic carbocycles. The van der Waals surface area contributed by atoms with Crippen LogP contribution < -0.4 is 5.32 Å². The van der Waals surface area contributed by atoms with Crippen LogP contribution >= 0.6 is 15.9 Å². The van der Waals surface area contributed by atoms with E-state index in [4.69, 9.17) is 0 Å². The summed E-state index contributed by atoms with van der Waals surface area (Å²) in [5, 5.41) is 3.78. The molecule has 0 saturated carbocycles. The van der Waals surface area contributed by atoms with Crippen LogP contribution in [0.1, 0.15) is 18.9 Å². The van der Waals surface area contributed by atoms with Gasteiger partial charge in [0.2, 0.25) is 0 Å². The summed E-state index contributed by atoms with van der Waals surface area (Å²) in [4.78, 5) is 4.97. The smallest absolute Gasteiger partial charge is 0.0377 e. The second kappa shape index (κ2) is 8.28. The maximum absolute atomic E-state index is 3.78. The van der Waals surface area contributed by atoms with E-state index in [1.807, 2.05) is 0 Å². The Morgan fingerprint density at radius 2 is 2.05 bits per heavy atom. The van der Waals surface area contributed by atoms with Gasteiger partial charge in [-0.2, -0.15) is 0 Å². The van der Waals surface area contributed by atoms with Crippen LogP contribution in [0.15, 0.2) is 28.7 Å². The van der Waals surface area contributed by atoms with Gasteiger partial charge < -0.3 is 10.2 Å². The van der Waals surface area contributed by atoms with Gasteiger partial charge in [0.05, 0.1) is 0 Å². The van der Waals surface area contributed by atoms with Crippen molar-refractivity contribution < 1.29 is 0 Å². The molecule has 4 heteroatoms. The molecule has 2 atom stereocenters. The van der Waals surface area contributed by atoms with E-state index in [1.165, 1.54) is 23.0 Å². The molecule has 0 spiro atoms. The van der Waals surface area contributed by atoms with Gasteiger partial charge in [0.15, 0.2) is 0 Å². The van der Waals surface area contributed by atoms with Gasteiger partial charge >= 0.3 is 0 Å². The van der Waals surface area contributed by atoms with Crippen LogP contribution in [0.2, 0.25) is 0 Å². The average molecular weight is 354 g/mol. The summed E-state index contributed by atoms with van der Waals surface area (Å²) in [5.41, 5.74) is 1.40. The molecule has 1 heterocycles. The van der Waals surface area contributed by atoms with Crippen molar-refractivity contribution in [3.63, 3.8) is 0 Å². The quantitative estimate of drug-likeness (QED) is 0.847. The molecule has 0 aliphatic carbocycles. The SMILES string of the molecule is CCCNC(Cc1ccccc1Br)C1CN(C)CCN1C. The van der Waals surface area contributed by atoms with Crippen molar-refractivity contribution in [3.05, 3.63) is 34.3 Å². The maximum Gasteiger partial charge on any atom is 0.0377 e. The lowest BCUT2D eigenvalue weighted by molar-refractivity contribution is 0.0876. The summed E-state index contributed by atoms with van der Waals surface area (Å²) in [6, 6.07) is 9.66. The number of nitrogens with one attached hydrogen (secondary N) is 1. The number of hydrogen-bond acceptors (Lipinski definition) is 3. The average Bonchev–Trinajstić information content (AvgIpc) is 2.48. The van der Waals surface area contributed by atoms with Crippen molar-refractivity contribution in [2.75, 3.05) is 40.3 Å². The molecule has 0 aromatic heterocycles. The Labute approximate surface area is 137 Å². The zero-order valence-electron chi connectivity index (χ0n) is 13.5. The first-order valence-corrected chi connectivity index (χ1v) is 8.76. The highest BCUT2D eigenvalue weighted by Crippen LogP contribution is 2.20. The lowest BCUT2D eigenvalue weighted by Gasteiger charge is -2.42. The molecule has 1 N–H and O–H groups in total. The van der Waals surface area contributed by atoms with Crippen LogP contribution in [0.25, 0.3) is 0 Å². The van der Waals surface area contributed by atoms with Gasteiger partial charge in [0, 0.05) is 36.2 Å². The van der Waals surface area contributed by atoms with Crippen molar-refractivity contribution in [2.45, 2.75) is 31.8 Å². The van der Waals surface area contributed by atoms with E-state index in [0.717, 1.165) is 26.1 Å². The van der Waals surface area contributed by atoms with Gasteiger partial charge in [-0.15, -0.1) is 0 Å². The predicted octanol–water partition coefficient (Wildman–Crippen LogP) is 2.61. The minimum absolute atomic E-state index is 0.497. The van der Waals surface area contributed by atoms with Crippen molar-refractivity contribution in [2.24, 2.45) is 0 Å². The van der Waals surface area contributed by atoms with E-state index in [-0.39, 0.29) is 0 Å². The molecule has 1 aliphatic heterocycles. The lowest BCUT2D eigenvalue weighted by Crippen LogP contribution is -2.59. The third-order valence-corrected chi connectivity index (χ3v) is 5.19. The molecule has 0 amide bonds. The standard InChI is InChI=1S/C17H28BrN3/c1-4-9-19-16(12-14-7-5-6-8-15(14)18)17-13-20(2)10-11-21(17)3/h5-8,16-17,19H,4,9-13H2,1-3H3. The molecule has 1 fully saturated rings. The fraction of sp³-hybridized carbons (Fsp3) is 0.647. The van der Waals surface area contributed by atoms with Crippen LogP contribution in [-0.2, 0) is 6.42 Å². The minimum atomic E-state index is 0.497.